The number of hydrogen-bond donors (Lipinski definition) is 2. The summed E-state index contributed by atoms with van der Waals surface area (Å²) in [7, 11) is 1.25. The van der Waals surface area contributed by atoms with Crippen molar-refractivity contribution in [3.8, 4) is 11.5 Å². The van der Waals surface area contributed by atoms with Gasteiger partial charge in [-0.3, -0.25) is 4.79 Å². The molecule has 0 unspecified atom stereocenters. The molecule has 0 radical (unpaired) electrons. The van der Waals surface area contributed by atoms with Gasteiger partial charge in [0.05, 0.1) is 17.7 Å². The number of phenols is 1. The molecule has 0 aliphatic rings. The van der Waals surface area contributed by atoms with Crippen LogP contribution in [0.3, 0.4) is 0 Å². The van der Waals surface area contributed by atoms with Crippen LogP contribution >= 0.6 is 11.6 Å². The number of ketones is 1. The van der Waals surface area contributed by atoms with Gasteiger partial charge in [-0.05, 0) is 6.54 Å². The van der Waals surface area contributed by atoms with E-state index in [9.17, 15) is 14.3 Å². The number of Topliss-reactive ketones (excluding diaryl/α,β-unsaturated/α-hetero) is 1. The summed E-state index contributed by atoms with van der Waals surface area (Å²) in [6.45, 7) is 0.0907. The topological polar surface area (TPSA) is 72.5 Å². The Hall–Kier alpha value is -1.33. The number of carbonyl (C=O) groups is 1. The van der Waals surface area contributed by atoms with E-state index in [-0.39, 0.29) is 24.3 Å². The van der Waals surface area contributed by atoms with Crippen LogP contribution in [-0.2, 0) is 0 Å². The molecule has 4 nitrogen and oxygen atoms in total. The summed E-state index contributed by atoms with van der Waals surface area (Å²) >= 11 is 5.61. The molecule has 0 saturated carbocycles. The second kappa shape index (κ2) is 5.14. The van der Waals surface area contributed by atoms with Gasteiger partial charge in [0.25, 0.3) is 0 Å². The van der Waals surface area contributed by atoms with Gasteiger partial charge >= 0.3 is 0 Å². The Morgan fingerprint density at radius 2 is 2.31 bits per heavy atom. The Morgan fingerprint density at radius 1 is 1.69 bits per heavy atom. The van der Waals surface area contributed by atoms with E-state index in [1.165, 1.54) is 7.11 Å². The van der Waals surface area contributed by atoms with E-state index in [1.807, 2.05) is 0 Å². The first-order valence-electron chi connectivity index (χ1n) is 4.51. The third-order valence-corrected chi connectivity index (χ3v) is 2.40. The van der Waals surface area contributed by atoms with Gasteiger partial charge in [0.2, 0.25) is 0 Å². The molecule has 0 aliphatic heterocycles. The van der Waals surface area contributed by atoms with E-state index < -0.39 is 22.4 Å². The predicted octanol–water partition coefficient (Wildman–Crippen LogP) is 1.72. The summed E-state index contributed by atoms with van der Waals surface area (Å²) in [5.74, 6) is -1.95. The molecule has 1 aromatic rings. The Kier molecular flexibility index (Phi) is 4.09. The van der Waals surface area contributed by atoms with Gasteiger partial charge in [0, 0.05) is 12.5 Å². The third kappa shape index (κ3) is 2.25. The summed E-state index contributed by atoms with van der Waals surface area (Å²) in [4.78, 5) is 11.6. The van der Waals surface area contributed by atoms with Gasteiger partial charge in [-0.25, -0.2) is 4.39 Å². The number of phenolic OH excluding ortho intramolecular Hbond substituents is 1. The van der Waals surface area contributed by atoms with Crippen LogP contribution in [-0.4, -0.2) is 24.5 Å². The molecule has 0 bridgehead atoms. The number of carbonyl (C=O) groups excluding carboxylic acids is 1. The molecule has 0 amide bonds. The number of methoxy groups -OCH3 is 1. The fourth-order valence-electron chi connectivity index (χ4n) is 1.26. The van der Waals surface area contributed by atoms with Crippen molar-refractivity contribution in [1.29, 1.82) is 0 Å². The molecule has 0 atom stereocenters. The number of rotatable bonds is 4. The summed E-state index contributed by atoms with van der Waals surface area (Å²) in [5, 5.41) is 9.23. The van der Waals surface area contributed by atoms with Crippen molar-refractivity contribution in [2.24, 2.45) is 5.73 Å². The molecule has 0 aromatic heterocycles. The van der Waals surface area contributed by atoms with E-state index in [0.717, 1.165) is 6.07 Å². The monoisotopic (exact) mass is 247 g/mol. The first-order valence-corrected chi connectivity index (χ1v) is 4.89. The van der Waals surface area contributed by atoms with E-state index in [4.69, 9.17) is 22.1 Å². The van der Waals surface area contributed by atoms with Gasteiger partial charge in [-0.2, -0.15) is 0 Å². The van der Waals surface area contributed by atoms with E-state index in [0.29, 0.717) is 0 Å². The second-order valence-electron chi connectivity index (χ2n) is 3.06. The first kappa shape index (κ1) is 12.7. The van der Waals surface area contributed by atoms with Crippen molar-refractivity contribution in [1.82, 2.24) is 0 Å². The van der Waals surface area contributed by atoms with Gasteiger partial charge in [-0.1, -0.05) is 11.6 Å². The Morgan fingerprint density at radius 3 is 2.81 bits per heavy atom. The lowest BCUT2D eigenvalue weighted by Crippen LogP contribution is -2.10. The maximum absolute atomic E-state index is 13.3. The Bertz CT molecular complexity index is 423. The van der Waals surface area contributed by atoms with Gasteiger partial charge in [-0.15, -0.1) is 0 Å². The van der Waals surface area contributed by atoms with Crippen LogP contribution in [0.4, 0.5) is 4.39 Å². The number of benzene rings is 1. The zero-order chi connectivity index (χ0) is 12.3. The maximum Gasteiger partial charge on any atom is 0.170 e. The molecule has 0 aliphatic carbocycles. The standard InChI is InChI=1S/C10H11ClFNO3/c1-16-7-4-5(12)9(11)8(10(7)15)6(14)2-3-13/h4,15H,2-3,13H2,1H3. The normalized spacial score (nSPS) is 10.2. The molecular formula is C10H11ClFNO3. The highest BCUT2D eigenvalue weighted by Crippen LogP contribution is 2.37. The van der Waals surface area contributed by atoms with Crippen molar-refractivity contribution in [2.45, 2.75) is 6.42 Å². The number of hydrogen-bond acceptors (Lipinski definition) is 4. The van der Waals surface area contributed by atoms with E-state index in [2.05, 4.69) is 0 Å². The average molecular weight is 248 g/mol. The molecule has 1 rings (SSSR count). The van der Waals surface area contributed by atoms with Crippen LogP contribution in [0, 0.1) is 5.82 Å². The molecule has 0 fully saturated rings. The minimum absolute atomic E-state index is 0.0279. The van der Waals surface area contributed by atoms with Crippen molar-refractivity contribution >= 4 is 17.4 Å². The number of halogens is 2. The molecule has 6 heteroatoms. The molecule has 88 valence electrons. The molecule has 3 N–H and O–H groups in total. The van der Waals surface area contributed by atoms with E-state index >= 15 is 0 Å². The quantitative estimate of drug-likeness (QED) is 0.795. The van der Waals surface area contributed by atoms with Crippen LogP contribution in [0.1, 0.15) is 16.8 Å². The van der Waals surface area contributed by atoms with Crippen molar-refractivity contribution in [2.75, 3.05) is 13.7 Å². The molecule has 1 aromatic carbocycles. The third-order valence-electron chi connectivity index (χ3n) is 2.03. The van der Waals surface area contributed by atoms with Crippen LogP contribution in [0.15, 0.2) is 6.07 Å². The fraction of sp³-hybridized carbons (Fsp3) is 0.300. The van der Waals surface area contributed by atoms with Gasteiger partial charge < -0.3 is 15.6 Å². The van der Waals surface area contributed by atoms with Crippen LogP contribution in [0.2, 0.25) is 5.02 Å². The summed E-state index contributed by atoms with van der Waals surface area (Å²) in [6, 6.07) is 0.914. The largest absolute Gasteiger partial charge is 0.504 e. The van der Waals surface area contributed by atoms with Crippen LogP contribution in [0.25, 0.3) is 0 Å². The van der Waals surface area contributed by atoms with Gasteiger partial charge in [0.15, 0.2) is 17.3 Å². The maximum atomic E-state index is 13.3. The van der Waals surface area contributed by atoms with Gasteiger partial charge in [0.1, 0.15) is 5.82 Å². The predicted molar refractivity (Wildman–Crippen MR) is 57.6 cm³/mol. The SMILES string of the molecule is COc1cc(F)c(Cl)c(C(=O)CCN)c1O. The zero-order valence-corrected chi connectivity index (χ0v) is 9.34. The second-order valence-corrected chi connectivity index (χ2v) is 3.44. The Labute approximate surface area is 96.8 Å². The van der Waals surface area contributed by atoms with Crippen molar-refractivity contribution in [3.05, 3.63) is 22.5 Å². The van der Waals surface area contributed by atoms with E-state index in [1.54, 1.807) is 0 Å². The average Bonchev–Trinajstić information content (AvgIpc) is 2.24. The molecule has 0 heterocycles. The lowest BCUT2D eigenvalue weighted by atomic mass is 10.1. The summed E-state index contributed by atoms with van der Waals surface area (Å²) in [6.07, 6.45) is -0.0279. The van der Waals surface area contributed by atoms with Crippen LogP contribution < -0.4 is 10.5 Å². The Balaban J connectivity index is 3.35. The summed E-state index contributed by atoms with van der Waals surface area (Å²) < 4.78 is 18.0. The lowest BCUT2D eigenvalue weighted by molar-refractivity contribution is 0.0982. The molecular weight excluding hydrogens is 237 g/mol. The minimum atomic E-state index is -0.823. The van der Waals surface area contributed by atoms with Crippen molar-refractivity contribution in [3.63, 3.8) is 0 Å². The highest BCUT2D eigenvalue weighted by molar-refractivity contribution is 6.34. The first-order chi connectivity index (χ1) is 7.52. The highest BCUT2D eigenvalue weighted by Gasteiger charge is 2.22. The lowest BCUT2D eigenvalue weighted by Gasteiger charge is -2.10. The van der Waals surface area contributed by atoms with Crippen molar-refractivity contribution < 1.29 is 19.0 Å². The highest BCUT2D eigenvalue weighted by atomic mass is 35.5. The van der Waals surface area contributed by atoms with Crippen LogP contribution in [0.5, 0.6) is 11.5 Å². The smallest absolute Gasteiger partial charge is 0.170 e. The minimum Gasteiger partial charge on any atom is -0.504 e. The molecule has 16 heavy (non-hydrogen) atoms. The summed E-state index contributed by atoms with van der Waals surface area (Å²) in [5.41, 5.74) is 4.92. The number of ether oxygens (including phenoxy) is 1. The zero-order valence-electron chi connectivity index (χ0n) is 8.59. The molecule has 0 saturated heterocycles. The number of nitrogens with two attached hydrogens (primary N) is 1. The number of aromatic hydroxyl groups is 1. The fourth-order valence-corrected chi connectivity index (χ4v) is 1.51. The molecule has 0 spiro atoms.